The van der Waals surface area contributed by atoms with E-state index in [1.807, 2.05) is 106 Å². The number of pyridine rings is 4. The van der Waals surface area contributed by atoms with Crippen molar-refractivity contribution in [2.45, 2.75) is 62.3 Å². The molecule has 1 saturated heterocycles. The lowest BCUT2D eigenvalue weighted by atomic mass is 10.1. The Morgan fingerprint density at radius 1 is 0.331 bits per heavy atom. The highest BCUT2D eigenvalue weighted by Crippen LogP contribution is 2.36. The van der Waals surface area contributed by atoms with Crippen LogP contribution in [0, 0.1) is 5.92 Å². The van der Waals surface area contributed by atoms with Crippen LogP contribution in [0.4, 0.5) is 64.7 Å². The molecule has 12 N–H and O–H groups in total. The van der Waals surface area contributed by atoms with Gasteiger partial charge >= 0.3 is 24.1 Å². The number of carbonyl (C=O) groups is 4. The highest BCUT2D eigenvalue weighted by Gasteiger charge is 2.28. The smallest absolute Gasteiger partial charge is 0.333 e. The van der Waals surface area contributed by atoms with Gasteiger partial charge in [-0.3, -0.25) is 37.4 Å². The van der Waals surface area contributed by atoms with Crippen molar-refractivity contribution in [1.29, 1.82) is 0 Å². The Balaban J connectivity index is 0.000000148. The lowest BCUT2D eigenvalue weighted by molar-refractivity contribution is 0.237. The maximum atomic E-state index is 13.3. The first kappa shape index (κ1) is 110. The molecule has 2 aliphatic rings. The number of fused-ring (bicyclic) bond motifs is 4. The first-order valence-electron chi connectivity index (χ1n) is 45.1. The van der Waals surface area contributed by atoms with Crippen LogP contribution in [0.5, 0.6) is 0 Å². The number of nitrogens with one attached hydrogen (secondary N) is 12. The van der Waals surface area contributed by atoms with E-state index >= 15 is 0 Å². The van der Waals surface area contributed by atoms with Crippen LogP contribution in [0.15, 0.2) is 279 Å². The van der Waals surface area contributed by atoms with Gasteiger partial charge in [-0.05, 0) is 305 Å². The SMILES string of the molecule is CCCNc1ccc2c(=O)n(-c3ccc(NC(=O)NS(=O)(=O)c4ccc(Cl)s4)cc3Cl)ccc2c1.CN(C)CCNc1ccc2c(=O)n(-c3ccc(NC(=O)NS(=O)(=O)c4ccc(Cl)s4)cc3Cl)ccc2c1.O=C(Nc1ccc(-n2ccc3cc(NCC4CC4)ccc3c2=O)c(Cl)c1)NS(=O)(=O)c1ccc(Cl)s1.O=C(Nc1ccc(-n2ccc3cc(NCCN4CCCCC4)ccc3c2=O)c(Cl)c1)NS(=O)(=O)c1ccc(Cl)s1. The highest BCUT2D eigenvalue weighted by atomic mass is 35.5. The number of nitrogens with zero attached hydrogens (tertiary/aromatic N) is 6. The van der Waals surface area contributed by atoms with E-state index in [2.05, 4.69) is 59.3 Å². The van der Waals surface area contributed by atoms with Crippen molar-refractivity contribution in [1.82, 2.24) is 47.0 Å². The number of halogens is 8. The summed E-state index contributed by atoms with van der Waals surface area (Å²) < 4.78 is 113. The molecule has 148 heavy (non-hydrogen) atoms. The van der Waals surface area contributed by atoms with Gasteiger partial charge in [0, 0.05) is 131 Å². The predicted octanol–water partition coefficient (Wildman–Crippen LogP) is 22.0. The molecule has 18 rings (SSSR count). The molecule has 0 bridgehead atoms. The van der Waals surface area contributed by atoms with E-state index in [0.717, 1.165) is 154 Å². The van der Waals surface area contributed by atoms with E-state index in [-0.39, 0.29) is 99.3 Å². The van der Waals surface area contributed by atoms with Crippen LogP contribution in [0.25, 0.3) is 65.8 Å². The number of hydrogen-bond donors (Lipinski definition) is 12. The van der Waals surface area contributed by atoms with Gasteiger partial charge in [-0.25, -0.2) is 71.7 Å². The van der Waals surface area contributed by atoms with Crippen LogP contribution >= 0.6 is 138 Å². The maximum Gasteiger partial charge on any atom is 0.333 e. The third-order valence-electron chi connectivity index (χ3n) is 22.6. The van der Waals surface area contributed by atoms with Crippen molar-refractivity contribution in [2.75, 3.05) is 109 Å². The van der Waals surface area contributed by atoms with Crippen LogP contribution in [-0.4, -0.2) is 152 Å². The van der Waals surface area contributed by atoms with Crippen LogP contribution in [0.1, 0.15) is 45.4 Å². The number of thiophene rings is 4. The summed E-state index contributed by atoms with van der Waals surface area (Å²) in [6, 6.07) is 54.9. The van der Waals surface area contributed by atoms with Gasteiger partial charge in [-0.15, -0.1) is 45.3 Å². The summed E-state index contributed by atoms with van der Waals surface area (Å²) in [5.41, 5.74) is 5.48. The molecule has 50 heteroatoms. The van der Waals surface area contributed by atoms with Gasteiger partial charge in [-0.2, -0.15) is 0 Å². The predicted molar refractivity (Wildman–Crippen MR) is 599 cm³/mol. The fourth-order valence-electron chi connectivity index (χ4n) is 15.2. The number of urea groups is 4. The quantitative estimate of drug-likeness (QED) is 0.0199. The lowest BCUT2D eigenvalue weighted by Crippen LogP contribution is -2.34. The van der Waals surface area contributed by atoms with Crippen molar-refractivity contribution in [2.24, 2.45) is 5.92 Å². The second-order valence-electron chi connectivity index (χ2n) is 33.6. The molecule has 772 valence electrons. The highest BCUT2D eigenvalue weighted by molar-refractivity contribution is 7.93. The van der Waals surface area contributed by atoms with E-state index in [4.69, 9.17) is 92.8 Å². The topological polar surface area (TPSA) is 444 Å². The summed E-state index contributed by atoms with van der Waals surface area (Å²) in [5.74, 6) is 0.740. The molecule has 8 aromatic carbocycles. The Hall–Kier alpha value is -12.3. The average molecular weight is 2320 g/mol. The minimum Gasteiger partial charge on any atom is -0.385 e. The van der Waals surface area contributed by atoms with Gasteiger partial charge in [0.2, 0.25) is 0 Å². The fraction of sp³-hybridized carbons (Fsp3) is 0.184. The molecule has 0 spiro atoms. The number of hydrogen-bond acceptors (Lipinski definition) is 26. The number of sulfonamides is 4. The van der Waals surface area contributed by atoms with E-state index in [1.54, 1.807) is 73.3 Å². The number of piperidine rings is 1. The van der Waals surface area contributed by atoms with Crippen molar-refractivity contribution in [3.8, 4) is 22.7 Å². The van der Waals surface area contributed by atoms with Gasteiger partial charge in [-0.1, -0.05) is 106 Å². The zero-order valence-electron chi connectivity index (χ0n) is 78.1. The van der Waals surface area contributed by atoms with Gasteiger partial charge in [0.25, 0.3) is 62.3 Å². The van der Waals surface area contributed by atoms with Gasteiger partial charge in [0.15, 0.2) is 0 Å². The lowest BCUT2D eigenvalue weighted by Gasteiger charge is -2.26. The van der Waals surface area contributed by atoms with E-state index in [9.17, 15) is 72.0 Å². The molecule has 8 amide bonds. The van der Waals surface area contributed by atoms with Crippen LogP contribution in [0.3, 0.4) is 0 Å². The van der Waals surface area contributed by atoms with Crippen LogP contribution in [-0.2, 0) is 40.1 Å². The van der Waals surface area contributed by atoms with Gasteiger partial charge in [0.1, 0.15) is 16.8 Å². The molecule has 16 aromatic rings. The third kappa shape index (κ3) is 28.5. The fourth-order valence-corrected chi connectivity index (χ4v) is 25.9. The Morgan fingerprint density at radius 2 is 0.601 bits per heavy atom. The first-order valence-corrected chi connectivity index (χ1v) is 57.3. The van der Waals surface area contributed by atoms with Crippen LogP contribution in [0.2, 0.25) is 37.4 Å². The number of likely N-dealkylation sites (N-methyl/N-ethyl adjacent to an activating group) is 1. The number of rotatable bonds is 30. The molecule has 1 aliphatic heterocycles. The molecule has 9 heterocycles. The molecular formula is C98H90Cl8N18O16S8. The summed E-state index contributed by atoms with van der Waals surface area (Å²) in [4.78, 5) is 106. The molecule has 0 radical (unpaired) electrons. The second kappa shape index (κ2) is 48.6. The Bertz CT molecular complexity index is 8530. The summed E-state index contributed by atoms with van der Waals surface area (Å²) in [6.45, 7) is 9.64. The number of aromatic nitrogens is 4. The minimum absolute atomic E-state index is 0.0856. The zero-order chi connectivity index (χ0) is 106. The number of benzene rings is 8. The van der Waals surface area contributed by atoms with Gasteiger partial charge in [0.05, 0.1) is 60.2 Å². The number of amides is 8. The molecule has 34 nitrogen and oxygen atoms in total. The number of anilines is 8. The van der Waals surface area contributed by atoms with Crippen molar-refractivity contribution < 1.29 is 52.8 Å². The number of carbonyl (C=O) groups excluding carboxylic acids is 4. The first-order chi connectivity index (χ1) is 70.6. The van der Waals surface area contributed by atoms with E-state index in [1.165, 1.54) is 147 Å². The Kier molecular flexibility index (Phi) is 36.1. The molecule has 2 fully saturated rings. The van der Waals surface area contributed by atoms with E-state index < -0.39 is 64.2 Å². The average Bonchev–Trinajstić information content (AvgIpc) is 1.17. The molecule has 1 aliphatic carbocycles. The Morgan fingerprint density at radius 3 is 0.858 bits per heavy atom. The van der Waals surface area contributed by atoms with Crippen molar-refractivity contribution >= 4 is 291 Å². The molecule has 1 saturated carbocycles. The monoisotopic (exact) mass is 2310 g/mol. The Labute approximate surface area is 904 Å². The molecule has 0 atom stereocenters. The van der Waals surface area contributed by atoms with E-state index in [0.29, 0.717) is 44.3 Å². The summed E-state index contributed by atoms with van der Waals surface area (Å²) in [5, 5.41) is 29.4. The second-order valence-corrected chi connectivity index (χ2v) is 49.7. The van der Waals surface area contributed by atoms with Gasteiger partial charge < -0.3 is 52.3 Å². The summed E-state index contributed by atoms with van der Waals surface area (Å²) in [6.07, 6.45) is 13.9. The molecule has 0 unspecified atom stereocenters. The van der Waals surface area contributed by atoms with Crippen molar-refractivity contribution in [3.63, 3.8) is 0 Å². The standard InChI is InChI=1S/C27H27Cl2N5O4S2.C24H23Cl2N5O4S2.C24H20Cl2N4O4S2.C23H20Cl2N4O4S2/c28-22-17-20(31-27(36)32-40(37,38)25-9-8-24(29)39-25)5-7-23(22)34-14-10-18-16-19(4-6-21(18)26(34)35)30-11-15-33-12-2-1-3-13-33;1-30(2)12-10-27-16-3-5-18-15(13-16)9-11-31(23(18)32)20-6-4-17(14-19(20)25)28-24(33)29-37(34,35)22-8-7-21(26)36-22;25-19-12-17(28-24(32)29-36(33,34)22-8-7-21(26)35-22)4-6-20(19)30-10-9-15-11-16(27-13-14-1-2-14)3-5-18(15)23(30)31;1-2-10-26-15-3-5-17-14(12-15)9-11-29(22(17)30)19-6-4-16(13-18(19)24)27-23(31)28-35(32,33)21-8-7-20(25)34-21/h4-10,14,16-17,30H,1-3,11-13,15H2,(H2,31,32,36);3-9,11,13-14,27H,10,12H2,1-2H3,(H2,28,29,33);3-12,14,27H,1-2,13H2,(H2,28,29,32);3-9,11-13,26H,2,10H2,1H3,(H2,27,28,31). The normalized spacial score (nSPS) is 12.7. The van der Waals surface area contributed by atoms with Crippen molar-refractivity contribution in [3.05, 3.63) is 322 Å². The third-order valence-corrected chi connectivity index (χ3v) is 36.0. The summed E-state index contributed by atoms with van der Waals surface area (Å²) >= 11 is 52.2. The molecule has 8 aromatic heterocycles. The summed E-state index contributed by atoms with van der Waals surface area (Å²) in [7, 11) is -12.3. The largest absolute Gasteiger partial charge is 0.385 e. The minimum atomic E-state index is -4.07. The molecular weight excluding hydrogens is 2230 g/mol. The maximum absolute atomic E-state index is 13.3. The van der Waals surface area contributed by atoms with Crippen LogP contribution < -0.4 is 83.7 Å². The number of likely N-dealkylation sites (tertiary alicyclic amines) is 1. The zero-order valence-corrected chi connectivity index (χ0v) is 90.7.